The van der Waals surface area contributed by atoms with Crippen molar-refractivity contribution < 1.29 is 13.6 Å². The van der Waals surface area contributed by atoms with Crippen LogP contribution in [-0.4, -0.2) is 25.8 Å². The first-order chi connectivity index (χ1) is 16.4. The molecule has 0 saturated carbocycles. The number of carbonyl (C=O) groups excluding carboxylic acids is 1. The molecule has 1 atom stereocenters. The summed E-state index contributed by atoms with van der Waals surface area (Å²) in [6, 6.07) is 16.3. The Morgan fingerprint density at radius 3 is 2.59 bits per heavy atom. The van der Waals surface area contributed by atoms with Crippen LogP contribution in [0.5, 0.6) is 0 Å². The number of pyridine rings is 1. The molecule has 0 unspecified atom stereocenters. The van der Waals surface area contributed by atoms with E-state index in [2.05, 4.69) is 15.0 Å². The van der Waals surface area contributed by atoms with Gasteiger partial charge in [-0.05, 0) is 47.9 Å². The fourth-order valence-corrected chi connectivity index (χ4v) is 4.54. The third-order valence-corrected chi connectivity index (χ3v) is 6.04. The van der Waals surface area contributed by atoms with Crippen LogP contribution in [0.4, 0.5) is 14.7 Å². The first-order valence-electron chi connectivity index (χ1n) is 10.8. The maximum Gasteiger partial charge on any atom is 0.258 e. The van der Waals surface area contributed by atoms with Gasteiger partial charge in [0.1, 0.15) is 5.82 Å². The van der Waals surface area contributed by atoms with Gasteiger partial charge in [0.05, 0.1) is 23.0 Å². The number of amides is 1. The Labute approximate surface area is 195 Å². The summed E-state index contributed by atoms with van der Waals surface area (Å²) < 4.78 is 29.0. The van der Waals surface area contributed by atoms with Crippen LogP contribution in [0, 0.1) is 18.7 Å². The van der Waals surface area contributed by atoms with E-state index in [1.807, 2.05) is 30.3 Å². The van der Waals surface area contributed by atoms with E-state index in [0.29, 0.717) is 41.0 Å². The number of anilines is 1. The first-order valence-corrected chi connectivity index (χ1v) is 10.8. The van der Waals surface area contributed by atoms with E-state index in [1.54, 1.807) is 30.0 Å². The number of benzene rings is 2. The molecule has 6 nitrogen and oxygen atoms in total. The molecule has 0 saturated heterocycles. The third kappa shape index (κ3) is 3.87. The van der Waals surface area contributed by atoms with Crippen LogP contribution < -0.4 is 5.73 Å². The van der Waals surface area contributed by atoms with Gasteiger partial charge in [0.2, 0.25) is 11.9 Å². The van der Waals surface area contributed by atoms with Gasteiger partial charge >= 0.3 is 0 Å². The predicted molar refractivity (Wildman–Crippen MR) is 124 cm³/mol. The maximum atomic E-state index is 14.7. The lowest BCUT2D eigenvalue weighted by molar-refractivity contribution is 0.0625. The minimum Gasteiger partial charge on any atom is -0.368 e. The smallest absolute Gasteiger partial charge is 0.258 e. The fraction of sp³-hybridized carbons (Fsp3) is 0.154. The lowest BCUT2D eigenvalue weighted by Gasteiger charge is -2.38. The number of nitrogens with two attached hydrogens (primary N) is 1. The average Bonchev–Trinajstić information content (AvgIpc) is 2.81. The van der Waals surface area contributed by atoms with Gasteiger partial charge in [-0.2, -0.15) is 4.39 Å². The highest BCUT2D eigenvalue weighted by Gasteiger charge is 2.37. The minimum absolute atomic E-state index is 0.0805. The van der Waals surface area contributed by atoms with Gasteiger partial charge in [0, 0.05) is 24.7 Å². The SMILES string of the molecule is Cc1nc(N)nc2c1C(=O)N(Cc1ccccc1)[C@H](c1ccc(F)cc1-c1cccnc1F)C2. The zero-order valence-electron chi connectivity index (χ0n) is 18.4. The molecule has 0 radical (unpaired) electrons. The van der Waals surface area contributed by atoms with Gasteiger partial charge in [-0.25, -0.2) is 19.3 Å². The predicted octanol–water partition coefficient (Wildman–Crippen LogP) is 4.65. The number of fused-ring (bicyclic) bond motifs is 1. The van der Waals surface area contributed by atoms with E-state index in [0.717, 1.165) is 5.56 Å². The number of rotatable bonds is 4. The van der Waals surface area contributed by atoms with Gasteiger partial charge in [-0.15, -0.1) is 0 Å². The summed E-state index contributed by atoms with van der Waals surface area (Å²) in [6.07, 6.45) is 1.66. The zero-order chi connectivity index (χ0) is 23.8. The van der Waals surface area contributed by atoms with Gasteiger partial charge < -0.3 is 10.6 Å². The summed E-state index contributed by atoms with van der Waals surface area (Å²) >= 11 is 0. The number of carbonyl (C=O) groups is 1. The van der Waals surface area contributed by atoms with Crippen molar-refractivity contribution in [3.8, 4) is 11.1 Å². The van der Waals surface area contributed by atoms with E-state index in [9.17, 15) is 13.6 Å². The van der Waals surface area contributed by atoms with E-state index < -0.39 is 17.8 Å². The molecule has 2 N–H and O–H groups in total. The van der Waals surface area contributed by atoms with Crippen molar-refractivity contribution in [2.45, 2.75) is 25.9 Å². The average molecular weight is 457 g/mol. The Bertz CT molecular complexity index is 1390. The molecule has 0 bridgehead atoms. The Hall–Kier alpha value is -4.20. The summed E-state index contributed by atoms with van der Waals surface area (Å²) in [5.41, 5.74) is 9.33. The number of aromatic nitrogens is 3. The van der Waals surface area contributed by atoms with Crippen LogP contribution in [0.3, 0.4) is 0 Å². The number of hydrogen-bond donors (Lipinski definition) is 1. The molecule has 4 aromatic rings. The number of aryl methyl sites for hydroxylation is 1. The Morgan fingerprint density at radius 1 is 1.03 bits per heavy atom. The molecule has 34 heavy (non-hydrogen) atoms. The van der Waals surface area contributed by atoms with Crippen molar-refractivity contribution in [3.05, 3.63) is 107 Å². The molecule has 2 aromatic carbocycles. The highest BCUT2D eigenvalue weighted by atomic mass is 19.1. The standard InChI is InChI=1S/C26H21F2N5O/c1-15-23-21(32-26(29)31-15)13-22(33(25(23)34)14-16-6-3-2-4-7-16)18-10-9-17(27)12-20(18)19-8-5-11-30-24(19)28/h2-12,22H,13-14H2,1H3,(H2,29,31,32)/t22-/m0/s1. The summed E-state index contributed by atoms with van der Waals surface area (Å²) in [5, 5.41) is 0. The third-order valence-electron chi connectivity index (χ3n) is 6.04. The lowest BCUT2D eigenvalue weighted by Crippen LogP contribution is -2.41. The van der Waals surface area contributed by atoms with E-state index >= 15 is 0 Å². The topological polar surface area (TPSA) is 85.0 Å². The van der Waals surface area contributed by atoms with Crippen LogP contribution in [0.25, 0.3) is 11.1 Å². The molecular formula is C26H21F2N5O. The molecule has 3 heterocycles. The molecule has 1 aliphatic heterocycles. The van der Waals surface area contributed by atoms with Crippen LogP contribution in [0.2, 0.25) is 0 Å². The van der Waals surface area contributed by atoms with E-state index in [-0.39, 0.29) is 17.4 Å². The molecule has 0 aliphatic carbocycles. The molecule has 0 fully saturated rings. The van der Waals surface area contributed by atoms with Crippen LogP contribution in [-0.2, 0) is 13.0 Å². The Balaban J connectivity index is 1.70. The number of halogens is 2. The summed E-state index contributed by atoms with van der Waals surface area (Å²) in [7, 11) is 0. The fourth-order valence-electron chi connectivity index (χ4n) is 4.54. The van der Waals surface area contributed by atoms with Crippen molar-refractivity contribution >= 4 is 11.9 Å². The molecule has 5 rings (SSSR count). The second-order valence-corrected chi connectivity index (χ2v) is 8.20. The van der Waals surface area contributed by atoms with Gasteiger partial charge in [-0.3, -0.25) is 4.79 Å². The highest BCUT2D eigenvalue weighted by Crippen LogP contribution is 2.39. The lowest BCUT2D eigenvalue weighted by atomic mass is 9.87. The largest absolute Gasteiger partial charge is 0.368 e. The van der Waals surface area contributed by atoms with Crippen molar-refractivity contribution in [2.24, 2.45) is 0 Å². The molecule has 0 spiro atoms. The van der Waals surface area contributed by atoms with Crippen molar-refractivity contribution in [2.75, 3.05) is 5.73 Å². The van der Waals surface area contributed by atoms with Gasteiger partial charge in [-0.1, -0.05) is 36.4 Å². The summed E-state index contributed by atoms with van der Waals surface area (Å²) in [5.74, 6) is -1.40. The minimum atomic E-state index is -0.714. The normalized spacial score (nSPS) is 15.3. The monoisotopic (exact) mass is 457 g/mol. The van der Waals surface area contributed by atoms with Crippen molar-refractivity contribution in [3.63, 3.8) is 0 Å². The maximum absolute atomic E-state index is 14.7. The summed E-state index contributed by atoms with van der Waals surface area (Å²) in [6.45, 7) is 2.03. The molecule has 8 heteroatoms. The van der Waals surface area contributed by atoms with Crippen molar-refractivity contribution in [1.29, 1.82) is 0 Å². The van der Waals surface area contributed by atoms with Crippen LogP contribution in [0.1, 0.15) is 38.9 Å². The first kappa shape index (κ1) is 21.6. The number of hydrogen-bond acceptors (Lipinski definition) is 5. The highest BCUT2D eigenvalue weighted by molar-refractivity contribution is 5.98. The second kappa shape index (κ2) is 8.62. The molecule has 170 valence electrons. The quantitative estimate of drug-likeness (QED) is 0.451. The molecule has 1 amide bonds. The van der Waals surface area contributed by atoms with Gasteiger partial charge in [0.15, 0.2) is 0 Å². The van der Waals surface area contributed by atoms with Gasteiger partial charge in [0.25, 0.3) is 5.91 Å². The Kier molecular flexibility index (Phi) is 5.49. The number of nitrogen functional groups attached to an aromatic ring is 1. The zero-order valence-corrected chi connectivity index (χ0v) is 18.4. The Morgan fingerprint density at radius 2 is 1.82 bits per heavy atom. The molecular weight excluding hydrogens is 436 g/mol. The molecule has 2 aromatic heterocycles. The van der Waals surface area contributed by atoms with Crippen LogP contribution in [0.15, 0.2) is 66.9 Å². The van der Waals surface area contributed by atoms with E-state index in [1.165, 1.54) is 18.3 Å². The van der Waals surface area contributed by atoms with Crippen molar-refractivity contribution in [1.82, 2.24) is 19.9 Å². The summed E-state index contributed by atoms with van der Waals surface area (Å²) in [4.78, 5) is 27.7. The second-order valence-electron chi connectivity index (χ2n) is 8.20. The van der Waals surface area contributed by atoms with E-state index in [4.69, 9.17) is 5.73 Å². The molecule has 1 aliphatic rings. The van der Waals surface area contributed by atoms with Crippen LogP contribution >= 0.6 is 0 Å². The number of nitrogens with zero attached hydrogens (tertiary/aromatic N) is 4.